The SMILES string of the molecule is Cc1ccc(C(=O)N(C)C)cc1NC(=O)NC1CCN(C(C)C)C1. The van der Waals surface area contributed by atoms with Gasteiger partial charge in [0.25, 0.3) is 5.91 Å². The molecule has 0 aromatic heterocycles. The summed E-state index contributed by atoms with van der Waals surface area (Å²) < 4.78 is 0. The maximum absolute atomic E-state index is 12.3. The Kier molecular flexibility index (Phi) is 5.83. The Morgan fingerprint density at radius 1 is 1.29 bits per heavy atom. The third-order valence-electron chi connectivity index (χ3n) is 4.42. The van der Waals surface area contributed by atoms with E-state index in [2.05, 4.69) is 29.4 Å². The molecule has 0 spiro atoms. The normalized spacial score (nSPS) is 17.8. The second-order valence-corrected chi connectivity index (χ2v) is 6.90. The summed E-state index contributed by atoms with van der Waals surface area (Å²) in [6, 6.07) is 5.80. The number of nitrogens with one attached hydrogen (secondary N) is 2. The molecule has 0 radical (unpaired) electrons. The first kappa shape index (κ1) is 18.3. The monoisotopic (exact) mass is 332 g/mol. The molecule has 1 aromatic rings. The summed E-state index contributed by atoms with van der Waals surface area (Å²) in [6.07, 6.45) is 0.962. The van der Waals surface area contributed by atoms with E-state index in [1.54, 1.807) is 26.2 Å². The molecule has 2 N–H and O–H groups in total. The lowest BCUT2D eigenvalue weighted by atomic mass is 10.1. The van der Waals surface area contributed by atoms with Crippen LogP contribution in [0, 0.1) is 6.92 Å². The second kappa shape index (κ2) is 7.66. The maximum Gasteiger partial charge on any atom is 0.319 e. The van der Waals surface area contributed by atoms with Gasteiger partial charge in [-0.15, -0.1) is 0 Å². The Morgan fingerprint density at radius 2 is 2.00 bits per heavy atom. The number of carbonyl (C=O) groups excluding carboxylic acids is 2. The van der Waals surface area contributed by atoms with Crippen molar-refractivity contribution < 1.29 is 9.59 Å². The number of benzene rings is 1. The van der Waals surface area contributed by atoms with Crippen LogP contribution in [-0.4, -0.2) is 61.0 Å². The molecule has 2 rings (SSSR count). The minimum atomic E-state index is -0.219. The van der Waals surface area contributed by atoms with E-state index in [1.165, 1.54) is 4.90 Å². The second-order valence-electron chi connectivity index (χ2n) is 6.90. The summed E-state index contributed by atoms with van der Waals surface area (Å²) in [7, 11) is 3.42. The molecule has 6 nitrogen and oxygen atoms in total. The third kappa shape index (κ3) is 4.47. The van der Waals surface area contributed by atoms with E-state index in [0.717, 1.165) is 25.1 Å². The van der Waals surface area contributed by atoms with Crippen LogP contribution in [0.3, 0.4) is 0 Å². The number of nitrogens with zero attached hydrogens (tertiary/aromatic N) is 2. The van der Waals surface area contributed by atoms with Crippen molar-refractivity contribution >= 4 is 17.6 Å². The lowest BCUT2D eigenvalue weighted by Crippen LogP contribution is -2.40. The molecule has 0 saturated carbocycles. The quantitative estimate of drug-likeness (QED) is 0.889. The minimum Gasteiger partial charge on any atom is -0.345 e. The van der Waals surface area contributed by atoms with Crippen molar-refractivity contribution in [2.75, 3.05) is 32.5 Å². The van der Waals surface area contributed by atoms with Gasteiger partial charge in [0.1, 0.15) is 0 Å². The topological polar surface area (TPSA) is 64.7 Å². The highest BCUT2D eigenvalue weighted by Gasteiger charge is 2.25. The molecule has 1 aliphatic heterocycles. The van der Waals surface area contributed by atoms with Crippen molar-refractivity contribution in [3.63, 3.8) is 0 Å². The van der Waals surface area contributed by atoms with Gasteiger partial charge in [0, 0.05) is 50.5 Å². The Hall–Kier alpha value is -2.08. The molecular formula is C18H28N4O2. The molecule has 1 heterocycles. The lowest BCUT2D eigenvalue weighted by Gasteiger charge is -2.20. The molecule has 6 heteroatoms. The molecule has 3 amide bonds. The number of carbonyl (C=O) groups is 2. The van der Waals surface area contributed by atoms with Crippen LogP contribution in [0.15, 0.2) is 18.2 Å². The van der Waals surface area contributed by atoms with Gasteiger partial charge < -0.3 is 15.5 Å². The average Bonchev–Trinajstić information content (AvgIpc) is 2.97. The Morgan fingerprint density at radius 3 is 2.58 bits per heavy atom. The summed E-state index contributed by atoms with van der Waals surface area (Å²) in [6.45, 7) is 8.13. The molecule has 0 bridgehead atoms. The molecule has 1 fully saturated rings. The van der Waals surface area contributed by atoms with Crippen LogP contribution in [0.2, 0.25) is 0 Å². The first-order chi connectivity index (χ1) is 11.3. The fourth-order valence-corrected chi connectivity index (χ4v) is 2.87. The van der Waals surface area contributed by atoms with E-state index in [0.29, 0.717) is 17.3 Å². The van der Waals surface area contributed by atoms with Crippen molar-refractivity contribution in [1.82, 2.24) is 15.1 Å². The van der Waals surface area contributed by atoms with E-state index in [9.17, 15) is 9.59 Å². The molecular weight excluding hydrogens is 304 g/mol. The number of likely N-dealkylation sites (tertiary alicyclic amines) is 1. The summed E-state index contributed by atoms with van der Waals surface area (Å²) in [5.41, 5.74) is 2.15. The Labute approximate surface area is 144 Å². The highest BCUT2D eigenvalue weighted by Crippen LogP contribution is 2.18. The average molecular weight is 332 g/mol. The van der Waals surface area contributed by atoms with Crippen LogP contribution in [0.1, 0.15) is 36.2 Å². The highest BCUT2D eigenvalue weighted by molar-refractivity contribution is 5.97. The summed E-state index contributed by atoms with van der Waals surface area (Å²) >= 11 is 0. The van der Waals surface area contributed by atoms with Crippen LogP contribution in [-0.2, 0) is 0 Å². The van der Waals surface area contributed by atoms with Crippen molar-refractivity contribution in [2.45, 2.75) is 39.3 Å². The van der Waals surface area contributed by atoms with Gasteiger partial charge >= 0.3 is 6.03 Å². The van der Waals surface area contributed by atoms with E-state index in [4.69, 9.17) is 0 Å². The minimum absolute atomic E-state index is 0.0816. The van der Waals surface area contributed by atoms with E-state index < -0.39 is 0 Å². The molecule has 132 valence electrons. The van der Waals surface area contributed by atoms with Gasteiger partial charge in [-0.2, -0.15) is 0 Å². The Balaban J connectivity index is 1.99. The van der Waals surface area contributed by atoms with Gasteiger partial charge in [-0.25, -0.2) is 4.79 Å². The van der Waals surface area contributed by atoms with Crippen molar-refractivity contribution in [3.05, 3.63) is 29.3 Å². The van der Waals surface area contributed by atoms with Crippen LogP contribution in [0.4, 0.5) is 10.5 Å². The van der Waals surface area contributed by atoms with Gasteiger partial charge in [0.05, 0.1) is 0 Å². The highest BCUT2D eigenvalue weighted by atomic mass is 16.2. The van der Waals surface area contributed by atoms with E-state index >= 15 is 0 Å². The number of hydrogen-bond acceptors (Lipinski definition) is 3. The zero-order valence-corrected chi connectivity index (χ0v) is 15.2. The molecule has 0 aliphatic carbocycles. The standard InChI is InChI=1S/C18H28N4O2/c1-12(2)22-9-8-15(11-22)19-18(24)20-16-10-14(7-6-13(16)3)17(23)21(4)5/h6-7,10,12,15H,8-9,11H2,1-5H3,(H2,19,20,24). The van der Waals surface area contributed by atoms with Gasteiger partial charge in [-0.05, 0) is 44.9 Å². The predicted molar refractivity (Wildman–Crippen MR) is 96.5 cm³/mol. The van der Waals surface area contributed by atoms with Gasteiger partial charge in [0.2, 0.25) is 0 Å². The van der Waals surface area contributed by atoms with Crippen molar-refractivity contribution in [1.29, 1.82) is 0 Å². The first-order valence-electron chi connectivity index (χ1n) is 8.41. The van der Waals surface area contributed by atoms with Crippen molar-refractivity contribution in [3.8, 4) is 0 Å². The fraction of sp³-hybridized carbons (Fsp3) is 0.556. The number of urea groups is 1. The summed E-state index contributed by atoms with van der Waals surface area (Å²) in [5, 5.41) is 5.90. The summed E-state index contributed by atoms with van der Waals surface area (Å²) in [5.74, 6) is -0.0816. The first-order valence-corrected chi connectivity index (χ1v) is 8.41. The lowest BCUT2D eigenvalue weighted by molar-refractivity contribution is 0.0827. The van der Waals surface area contributed by atoms with E-state index in [1.807, 2.05) is 13.0 Å². The van der Waals surface area contributed by atoms with E-state index in [-0.39, 0.29) is 18.0 Å². The van der Waals surface area contributed by atoms with Gasteiger partial charge in [-0.3, -0.25) is 9.69 Å². The Bertz CT molecular complexity index is 613. The number of rotatable bonds is 4. The van der Waals surface area contributed by atoms with Crippen LogP contribution >= 0.6 is 0 Å². The molecule has 1 unspecified atom stereocenters. The molecule has 1 aliphatic rings. The van der Waals surface area contributed by atoms with Crippen LogP contribution in [0.25, 0.3) is 0 Å². The zero-order valence-electron chi connectivity index (χ0n) is 15.2. The third-order valence-corrected chi connectivity index (χ3v) is 4.42. The predicted octanol–water partition coefficient (Wildman–Crippen LogP) is 2.30. The van der Waals surface area contributed by atoms with Gasteiger partial charge in [-0.1, -0.05) is 6.07 Å². The molecule has 24 heavy (non-hydrogen) atoms. The maximum atomic E-state index is 12.3. The smallest absolute Gasteiger partial charge is 0.319 e. The number of anilines is 1. The summed E-state index contributed by atoms with van der Waals surface area (Å²) in [4.78, 5) is 28.2. The van der Waals surface area contributed by atoms with Crippen LogP contribution < -0.4 is 10.6 Å². The molecule has 1 aromatic carbocycles. The largest absolute Gasteiger partial charge is 0.345 e. The number of amides is 3. The number of hydrogen-bond donors (Lipinski definition) is 2. The van der Waals surface area contributed by atoms with Gasteiger partial charge in [0.15, 0.2) is 0 Å². The number of aryl methyl sites for hydroxylation is 1. The fourth-order valence-electron chi connectivity index (χ4n) is 2.87. The van der Waals surface area contributed by atoms with Crippen molar-refractivity contribution in [2.24, 2.45) is 0 Å². The zero-order chi connectivity index (χ0) is 17.9. The van der Waals surface area contributed by atoms with Crippen LogP contribution in [0.5, 0.6) is 0 Å². The molecule has 1 atom stereocenters. The molecule has 1 saturated heterocycles.